The Morgan fingerprint density at radius 1 is 0.778 bits per heavy atom. The number of ketones is 1. The number of hydrogen-bond acceptors (Lipinski definition) is 4. The maximum Gasteiger partial charge on any atom is 0.426 e. The van der Waals surface area contributed by atoms with E-state index in [2.05, 4.69) is 4.89 Å². The largest absolute Gasteiger partial charge is 0.426 e. The van der Waals surface area contributed by atoms with Crippen LogP contribution >= 0.6 is 0 Å². The molecule has 0 aromatic heterocycles. The number of para-hydroxylation sites is 1. The van der Waals surface area contributed by atoms with Gasteiger partial charge in [0.2, 0.25) is 0 Å². The van der Waals surface area contributed by atoms with E-state index in [1.807, 2.05) is 0 Å². The Hall–Kier alpha value is -2.62. The molecule has 0 heterocycles. The fourth-order valence-corrected chi connectivity index (χ4v) is 1.31. The molecule has 0 amide bonds. The molecular weight excluding hydrogens is 232 g/mol. The van der Waals surface area contributed by atoms with Crippen LogP contribution in [0.25, 0.3) is 0 Å². The van der Waals surface area contributed by atoms with Crippen molar-refractivity contribution in [1.82, 2.24) is 0 Å². The van der Waals surface area contributed by atoms with Crippen LogP contribution in [-0.4, -0.2) is 11.8 Å². The predicted molar refractivity (Wildman–Crippen MR) is 63.9 cm³/mol. The lowest BCUT2D eigenvalue weighted by Crippen LogP contribution is -2.19. The molecule has 0 fully saturated rings. The molecule has 18 heavy (non-hydrogen) atoms. The summed E-state index contributed by atoms with van der Waals surface area (Å²) in [5.74, 6) is -1.44. The molecule has 0 aliphatic carbocycles. The van der Waals surface area contributed by atoms with Crippen molar-refractivity contribution in [3.8, 4) is 5.75 Å². The van der Waals surface area contributed by atoms with Crippen molar-refractivity contribution in [3.05, 3.63) is 66.2 Å². The standard InChI is InChI=1S/C14H10O4/c15-13(11-7-3-1-4-8-11)14(16)18-17-12-9-5-2-6-10-12/h1-10H. The number of carbonyl (C=O) groups excluding carboxylic acids is 2. The number of benzene rings is 2. The second-order valence-corrected chi connectivity index (χ2v) is 3.46. The van der Waals surface area contributed by atoms with Crippen LogP contribution in [0.4, 0.5) is 0 Å². The molecule has 0 spiro atoms. The first-order chi connectivity index (χ1) is 8.77. The highest BCUT2D eigenvalue weighted by atomic mass is 17.2. The third-order valence-electron chi connectivity index (χ3n) is 2.18. The predicted octanol–water partition coefficient (Wildman–Crippen LogP) is 2.41. The van der Waals surface area contributed by atoms with E-state index >= 15 is 0 Å². The number of hydrogen-bond donors (Lipinski definition) is 0. The van der Waals surface area contributed by atoms with E-state index in [0.29, 0.717) is 5.75 Å². The molecule has 4 heteroatoms. The lowest BCUT2D eigenvalue weighted by Gasteiger charge is -2.03. The van der Waals surface area contributed by atoms with Gasteiger partial charge < -0.3 is 0 Å². The van der Waals surface area contributed by atoms with Crippen LogP contribution in [0, 0.1) is 0 Å². The minimum atomic E-state index is -1.05. The normalized spacial score (nSPS) is 9.56. The zero-order chi connectivity index (χ0) is 12.8. The summed E-state index contributed by atoms with van der Waals surface area (Å²) in [5.41, 5.74) is 0.263. The lowest BCUT2D eigenvalue weighted by molar-refractivity contribution is -0.206. The third kappa shape index (κ3) is 2.95. The molecule has 0 N–H and O–H groups in total. The van der Waals surface area contributed by atoms with E-state index in [9.17, 15) is 9.59 Å². The Morgan fingerprint density at radius 2 is 1.33 bits per heavy atom. The van der Waals surface area contributed by atoms with Crippen molar-refractivity contribution in [2.24, 2.45) is 0 Å². The zero-order valence-corrected chi connectivity index (χ0v) is 9.41. The summed E-state index contributed by atoms with van der Waals surface area (Å²) < 4.78 is 0. The summed E-state index contributed by atoms with van der Waals surface area (Å²) >= 11 is 0. The van der Waals surface area contributed by atoms with Gasteiger partial charge in [0.15, 0.2) is 5.75 Å². The summed E-state index contributed by atoms with van der Waals surface area (Å²) in [5, 5.41) is 0. The van der Waals surface area contributed by atoms with Crippen molar-refractivity contribution >= 4 is 11.8 Å². The summed E-state index contributed by atoms with van der Waals surface area (Å²) in [6.07, 6.45) is 0. The molecule has 0 aliphatic heterocycles. The Bertz CT molecular complexity index is 534. The molecule has 0 aliphatic rings. The van der Waals surface area contributed by atoms with E-state index in [1.54, 1.807) is 48.5 Å². The highest BCUT2D eigenvalue weighted by Crippen LogP contribution is 2.09. The van der Waals surface area contributed by atoms with Crippen LogP contribution in [0.1, 0.15) is 10.4 Å². The Kier molecular flexibility index (Phi) is 3.71. The first-order valence-corrected chi connectivity index (χ1v) is 5.30. The van der Waals surface area contributed by atoms with Gasteiger partial charge in [0.25, 0.3) is 5.78 Å². The monoisotopic (exact) mass is 242 g/mol. The maximum atomic E-state index is 11.6. The minimum Gasteiger partial charge on any atom is -0.286 e. The summed E-state index contributed by atoms with van der Waals surface area (Å²) in [4.78, 5) is 32.2. The summed E-state index contributed by atoms with van der Waals surface area (Å²) in [6, 6.07) is 16.6. The Labute approximate surface area is 104 Å². The van der Waals surface area contributed by atoms with E-state index < -0.39 is 11.8 Å². The fourth-order valence-electron chi connectivity index (χ4n) is 1.31. The van der Waals surface area contributed by atoms with Crippen molar-refractivity contribution < 1.29 is 19.4 Å². The highest BCUT2D eigenvalue weighted by Gasteiger charge is 2.19. The van der Waals surface area contributed by atoms with Crippen molar-refractivity contribution in [2.45, 2.75) is 0 Å². The first kappa shape index (κ1) is 11.9. The molecule has 0 saturated heterocycles. The number of Topliss-reactive ketones (excluding diaryl/α,β-unsaturated/α-hetero) is 1. The van der Waals surface area contributed by atoms with Crippen LogP contribution < -0.4 is 4.89 Å². The second kappa shape index (κ2) is 5.63. The van der Waals surface area contributed by atoms with Gasteiger partial charge in [-0.2, -0.15) is 0 Å². The van der Waals surface area contributed by atoms with Gasteiger partial charge in [-0.05, 0) is 12.1 Å². The molecule has 4 nitrogen and oxygen atoms in total. The molecule has 90 valence electrons. The van der Waals surface area contributed by atoms with Crippen molar-refractivity contribution in [2.75, 3.05) is 0 Å². The SMILES string of the molecule is O=C(OOc1ccccc1)C(=O)c1ccccc1. The quantitative estimate of drug-likeness (QED) is 0.357. The number of carbonyl (C=O) groups is 2. The van der Waals surface area contributed by atoms with Gasteiger partial charge in [-0.15, -0.1) is 0 Å². The summed E-state index contributed by atoms with van der Waals surface area (Å²) in [6.45, 7) is 0. The van der Waals surface area contributed by atoms with Crippen LogP contribution in [-0.2, 0) is 9.68 Å². The van der Waals surface area contributed by atoms with Gasteiger partial charge in [-0.3, -0.25) is 9.68 Å². The smallest absolute Gasteiger partial charge is 0.286 e. The van der Waals surface area contributed by atoms with Crippen molar-refractivity contribution in [3.63, 3.8) is 0 Å². The second-order valence-electron chi connectivity index (χ2n) is 3.46. The van der Waals surface area contributed by atoms with Crippen LogP contribution in [0.2, 0.25) is 0 Å². The Morgan fingerprint density at radius 3 is 1.94 bits per heavy atom. The third-order valence-corrected chi connectivity index (χ3v) is 2.18. The molecule has 0 unspecified atom stereocenters. The molecule has 0 radical (unpaired) electrons. The van der Waals surface area contributed by atoms with Crippen LogP contribution in [0.15, 0.2) is 60.7 Å². The van der Waals surface area contributed by atoms with E-state index in [0.717, 1.165) is 0 Å². The first-order valence-electron chi connectivity index (χ1n) is 5.30. The Balaban J connectivity index is 1.95. The molecule has 2 aromatic rings. The molecule has 0 bridgehead atoms. The average Bonchev–Trinajstić information content (AvgIpc) is 2.46. The van der Waals surface area contributed by atoms with Crippen LogP contribution in [0.5, 0.6) is 5.75 Å². The lowest BCUT2D eigenvalue weighted by atomic mass is 10.1. The van der Waals surface area contributed by atoms with E-state index in [1.165, 1.54) is 12.1 Å². The molecule has 2 aromatic carbocycles. The minimum absolute atomic E-state index is 0.263. The van der Waals surface area contributed by atoms with Crippen molar-refractivity contribution in [1.29, 1.82) is 0 Å². The van der Waals surface area contributed by atoms with Crippen LogP contribution in [0.3, 0.4) is 0 Å². The topological polar surface area (TPSA) is 52.6 Å². The molecule has 0 atom stereocenters. The van der Waals surface area contributed by atoms with Gasteiger partial charge in [-0.1, -0.05) is 48.5 Å². The van der Waals surface area contributed by atoms with Gasteiger partial charge in [0.1, 0.15) is 0 Å². The van der Waals surface area contributed by atoms with Gasteiger partial charge in [0.05, 0.1) is 0 Å². The van der Waals surface area contributed by atoms with Gasteiger partial charge in [0, 0.05) is 5.56 Å². The fraction of sp³-hybridized carbons (Fsp3) is 0. The summed E-state index contributed by atoms with van der Waals surface area (Å²) in [7, 11) is 0. The number of rotatable bonds is 4. The molecule has 2 rings (SSSR count). The van der Waals surface area contributed by atoms with Gasteiger partial charge in [-0.25, -0.2) is 9.68 Å². The van der Waals surface area contributed by atoms with E-state index in [4.69, 9.17) is 4.89 Å². The van der Waals surface area contributed by atoms with E-state index in [-0.39, 0.29) is 5.56 Å². The van der Waals surface area contributed by atoms with Gasteiger partial charge >= 0.3 is 5.97 Å². The maximum absolute atomic E-state index is 11.6. The average molecular weight is 242 g/mol. The highest BCUT2D eigenvalue weighted by molar-refractivity contribution is 6.40. The molecular formula is C14H10O4. The zero-order valence-electron chi connectivity index (χ0n) is 9.41. The molecule has 0 saturated carbocycles.